The summed E-state index contributed by atoms with van der Waals surface area (Å²) in [6, 6.07) is 0. The molecule has 6 nitrogen and oxygen atoms in total. The number of carbonyl (C=O) groups excluding carboxylic acids is 1. The minimum atomic E-state index is -4.56. The molecule has 2 atom stereocenters. The zero-order chi connectivity index (χ0) is 22.8. The zero-order valence-electron chi connectivity index (χ0n) is 19.5. The standard InChI is InChI=1S/C24H45O6P/c1-2-3-4-5-6-7-8-9-10-11-12-13-14-15-16-21-24(25)29-22-19-17-18-20-23(22)30-31(26,27)28/h9-10,22-23H,2-8,11-21H2,1H3,(H2,26,27,28)/b10-9+/t22-,23+/m1/s1. The van der Waals surface area contributed by atoms with Gasteiger partial charge >= 0.3 is 13.8 Å². The van der Waals surface area contributed by atoms with Gasteiger partial charge in [-0.05, 0) is 51.4 Å². The molecule has 2 N–H and O–H groups in total. The summed E-state index contributed by atoms with van der Waals surface area (Å²) in [5.74, 6) is -0.288. The molecule has 1 aliphatic carbocycles. The van der Waals surface area contributed by atoms with Gasteiger partial charge in [0, 0.05) is 6.42 Å². The third-order valence-corrected chi connectivity index (χ3v) is 6.39. The summed E-state index contributed by atoms with van der Waals surface area (Å²) in [5.41, 5.74) is 0. The summed E-state index contributed by atoms with van der Waals surface area (Å²) in [4.78, 5) is 30.1. The van der Waals surface area contributed by atoms with Crippen LogP contribution < -0.4 is 0 Å². The lowest BCUT2D eigenvalue weighted by Gasteiger charge is -2.30. The van der Waals surface area contributed by atoms with Crippen molar-refractivity contribution >= 4 is 13.8 Å². The van der Waals surface area contributed by atoms with Crippen LogP contribution in [0.25, 0.3) is 0 Å². The van der Waals surface area contributed by atoms with E-state index >= 15 is 0 Å². The molecule has 0 bridgehead atoms. The largest absolute Gasteiger partial charge is 0.469 e. The molecule has 0 radical (unpaired) electrons. The van der Waals surface area contributed by atoms with Crippen molar-refractivity contribution in [3.63, 3.8) is 0 Å². The van der Waals surface area contributed by atoms with E-state index in [9.17, 15) is 9.36 Å². The second-order valence-corrected chi connectivity index (χ2v) is 9.97. The molecule has 1 rings (SSSR count). The first-order valence-corrected chi connectivity index (χ1v) is 14.0. The molecule has 1 saturated carbocycles. The Balaban J connectivity index is 1.98. The van der Waals surface area contributed by atoms with Crippen molar-refractivity contribution < 1.29 is 28.4 Å². The predicted octanol–water partition coefficient (Wildman–Crippen LogP) is 6.99. The van der Waals surface area contributed by atoms with E-state index in [-0.39, 0.29) is 5.97 Å². The number of allylic oxidation sites excluding steroid dienone is 2. The molecule has 1 fully saturated rings. The summed E-state index contributed by atoms with van der Waals surface area (Å²) >= 11 is 0. The maximum atomic E-state index is 12.1. The van der Waals surface area contributed by atoms with Crippen LogP contribution in [0.3, 0.4) is 0 Å². The van der Waals surface area contributed by atoms with Crippen LogP contribution in [-0.4, -0.2) is 28.0 Å². The molecule has 0 unspecified atom stereocenters. The van der Waals surface area contributed by atoms with Crippen LogP contribution in [-0.2, 0) is 18.6 Å². The van der Waals surface area contributed by atoms with Gasteiger partial charge in [0.15, 0.2) is 0 Å². The van der Waals surface area contributed by atoms with Crippen LogP contribution in [0.5, 0.6) is 0 Å². The highest BCUT2D eigenvalue weighted by atomic mass is 31.2. The lowest BCUT2D eigenvalue weighted by Crippen LogP contribution is -2.35. The van der Waals surface area contributed by atoms with Crippen LogP contribution >= 0.6 is 7.82 Å². The van der Waals surface area contributed by atoms with Crippen molar-refractivity contribution in [1.82, 2.24) is 0 Å². The van der Waals surface area contributed by atoms with Crippen LogP contribution in [0.15, 0.2) is 12.2 Å². The summed E-state index contributed by atoms with van der Waals surface area (Å²) in [6.45, 7) is 2.25. The quantitative estimate of drug-likeness (QED) is 0.0991. The number of carbonyl (C=O) groups is 1. The molecular formula is C24H45O6P. The fraction of sp³-hybridized carbons (Fsp3) is 0.875. The lowest BCUT2D eigenvalue weighted by molar-refractivity contribution is -0.157. The van der Waals surface area contributed by atoms with Gasteiger partial charge in [-0.25, -0.2) is 4.57 Å². The number of rotatable bonds is 18. The number of ether oxygens (including phenoxy) is 1. The number of unbranched alkanes of at least 4 members (excludes halogenated alkanes) is 11. The van der Waals surface area contributed by atoms with Crippen molar-refractivity contribution in [2.75, 3.05) is 0 Å². The average molecular weight is 461 g/mol. The van der Waals surface area contributed by atoms with Crippen molar-refractivity contribution in [2.45, 2.75) is 135 Å². The van der Waals surface area contributed by atoms with Crippen molar-refractivity contribution in [3.05, 3.63) is 12.2 Å². The summed E-state index contributed by atoms with van der Waals surface area (Å²) < 4.78 is 21.3. The number of phosphoric ester groups is 1. The van der Waals surface area contributed by atoms with Gasteiger partial charge in [-0.15, -0.1) is 0 Å². The Morgan fingerprint density at radius 2 is 1.35 bits per heavy atom. The van der Waals surface area contributed by atoms with Gasteiger partial charge in [0.2, 0.25) is 0 Å². The fourth-order valence-electron chi connectivity index (χ4n) is 4.06. The Labute approximate surface area is 189 Å². The molecule has 31 heavy (non-hydrogen) atoms. The number of phosphoric acid groups is 1. The van der Waals surface area contributed by atoms with E-state index in [1.165, 1.54) is 57.8 Å². The fourth-order valence-corrected chi connectivity index (χ4v) is 4.66. The van der Waals surface area contributed by atoms with Gasteiger partial charge in [0.05, 0.1) is 0 Å². The van der Waals surface area contributed by atoms with Crippen molar-refractivity contribution in [3.8, 4) is 0 Å². The molecule has 0 aromatic rings. The predicted molar refractivity (Wildman–Crippen MR) is 125 cm³/mol. The van der Waals surface area contributed by atoms with Crippen LogP contribution in [0.1, 0.15) is 122 Å². The van der Waals surface area contributed by atoms with E-state index in [1.807, 2.05) is 0 Å². The summed E-state index contributed by atoms with van der Waals surface area (Å²) in [6.07, 6.45) is 22.3. The Hall–Kier alpha value is -0.680. The van der Waals surface area contributed by atoms with Crippen LogP contribution in [0, 0.1) is 0 Å². The second-order valence-electron chi connectivity index (χ2n) is 8.78. The van der Waals surface area contributed by atoms with Gasteiger partial charge < -0.3 is 14.5 Å². The molecule has 0 heterocycles. The highest BCUT2D eigenvalue weighted by Crippen LogP contribution is 2.41. The number of esters is 1. The van der Waals surface area contributed by atoms with Gasteiger partial charge in [-0.2, -0.15) is 0 Å². The van der Waals surface area contributed by atoms with E-state index in [4.69, 9.17) is 19.0 Å². The van der Waals surface area contributed by atoms with E-state index in [1.54, 1.807) is 0 Å². The van der Waals surface area contributed by atoms with E-state index in [2.05, 4.69) is 19.1 Å². The van der Waals surface area contributed by atoms with Crippen molar-refractivity contribution in [2.24, 2.45) is 0 Å². The van der Waals surface area contributed by atoms with Crippen LogP contribution in [0.4, 0.5) is 0 Å². The minimum absolute atomic E-state index is 0.288. The van der Waals surface area contributed by atoms with E-state index in [0.717, 1.165) is 38.5 Å². The monoisotopic (exact) mass is 460 g/mol. The first kappa shape index (κ1) is 28.4. The molecule has 7 heteroatoms. The molecular weight excluding hydrogens is 415 g/mol. The Kier molecular flexibility index (Phi) is 16.3. The van der Waals surface area contributed by atoms with Gasteiger partial charge in [-0.3, -0.25) is 9.32 Å². The zero-order valence-corrected chi connectivity index (χ0v) is 20.4. The number of hydrogen-bond acceptors (Lipinski definition) is 4. The molecule has 0 spiro atoms. The van der Waals surface area contributed by atoms with E-state index < -0.39 is 20.0 Å². The first-order valence-electron chi connectivity index (χ1n) is 12.5. The topological polar surface area (TPSA) is 93.1 Å². The highest BCUT2D eigenvalue weighted by molar-refractivity contribution is 7.46. The Morgan fingerprint density at radius 3 is 1.94 bits per heavy atom. The van der Waals surface area contributed by atoms with Gasteiger partial charge in [0.25, 0.3) is 0 Å². The van der Waals surface area contributed by atoms with Gasteiger partial charge in [-0.1, -0.05) is 76.9 Å². The smallest absolute Gasteiger partial charge is 0.460 e. The Morgan fingerprint density at radius 1 is 0.839 bits per heavy atom. The Bertz CT molecular complexity index is 530. The van der Waals surface area contributed by atoms with Crippen LogP contribution in [0.2, 0.25) is 0 Å². The molecule has 0 aromatic carbocycles. The third kappa shape index (κ3) is 16.6. The van der Waals surface area contributed by atoms with E-state index in [0.29, 0.717) is 19.3 Å². The third-order valence-electron chi connectivity index (χ3n) is 5.84. The normalized spacial score (nSPS) is 19.7. The van der Waals surface area contributed by atoms with Crippen molar-refractivity contribution in [1.29, 1.82) is 0 Å². The minimum Gasteiger partial charge on any atom is -0.460 e. The average Bonchev–Trinajstić information content (AvgIpc) is 2.71. The van der Waals surface area contributed by atoms with Gasteiger partial charge in [0.1, 0.15) is 12.2 Å². The first-order chi connectivity index (χ1) is 14.9. The summed E-state index contributed by atoms with van der Waals surface area (Å²) in [5, 5.41) is 0. The summed E-state index contributed by atoms with van der Waals surface area (Å²) in [7, 11) is -4.56. The maximum Gasteiger partial charge on any atom is 0.469 e. The molecule has 0 amide bonds. The second kappa shape index (κ2) is 17.8. The number of hydrogen-bond donors (Lipinski definition) is 2. The molecule has 1 aliphatic rings. The maximum absolute atomic E-state index is 12.1. The SMILES string of the molecule is CCCCCCCC/C=C/CCCCCCCC(=O)O[C@@H]1CCCC[C@@H]1OP(=O)(O)O. The molecule has 0 saturated heterocycles. The molecule has 0 aliphatic heterocycles. The highest BCUT2D eigenvalue weighted by Gasteiger charge is 2.34. The molecule has 0 aromatic heterocycles. The lowest BCUT2D eigenvalue weighted by atomic mass is 9.95. The molecule has 182 valence electrons.